The number of quaternary nitrogens is 1. The molecule has 0 radical (unpaired) electrons. The van der Waals surface area contributed by atoms with Crippen LogP contribution in [0.2, 0.25) is 0 Å². The van der Waals surface area contributed by atoms with Gasteiger partial charge < -0.3 is 9.59 Å². The zero-order valence-corrected chi connectivity index (χ0v) is 10.2. The summed E-state index contributed by atoms with van der Waals surface area (Å²) in [7, 11) is 5.67. The first kappa shape index (κ1) is 14.1. The van der Waals surface area contributed by atoms with Crippen LogP contribution in [0.5, 0.6) is 0 Å². The minimum Gasteiger partial charge on any atom is -0.476 e. The van der Waals surface area contributed by atoms with Gasteiger partial charge in [0.05, 0.1) is 21.1 Å². The second-order valence-electron chi connectivity index (χ2n) is 4.60. The van der Waals surface area contributed by atoms with Crippen LogP contribution in [-0.4, -0.2) is 48.9 Å². The summed E-state index contributed by atoms with van der Waals surface area (Å²) in [5, 5.41) is 12.5. The fourth-order valence-electron chi connectivity index (χ4n) is 1.73. The van der Waals surface area contributed by atoms with E-state index in [1.165, 1.54) is 0 Å². The van der Waals surface area contributed by atoms with Gasteiger partial charge in [-0.2, -0.15) is 0 Å². The lowest BCUT2D eigenvalue weighted by molar-refractivity contribution is -0.918. The first-order valence-corrected chi connectivity index (χ1v) is 5.22. The summed E-state index contributed by atoms with van der Waals surface area (Å²) in [5.74, 6) is -0.807. The summed E-state index contributed by atoms with van der Waals surface area (Å²) in [5.41, 5.74) is -0.928. The van der Waals surface area contributed by atoms with E-state index in [4.69, 9.17) is 0 Å². The van der Waals surface area contributed by atoms with Crippen LogP contribution >= 0.6 is 0 Å². The number of likely N-dealkylation sites (N-methyl/N-ethyl adjacent to an activating group) is 1. The van der Waals surface area contributed by atoms with Gasteiger partial charge in [0, 0.05) is 13.0 Å². The number of aliphatic carboxylic acids is 1. The number of carboxylic acids is 1. The molecule has 0 aromatic carbocycles. The zero-order valence-electron chi connectivity index (χ0n) is 10.2. The largest absolute Gasteiger partial charge is 0.476 e. The normalized spacial score (nSPS) is 15.7. The number of carbonyl (C=O) groups is 1. The Hall–Kier alpha value is -0.870. The molecule has 4 nitrogen and oxygen atoms in total. The van der Waals surface area contributed by atoms with Gasteiger partial charge in [0.15, 0.2) is 0 Å². The summed E-state index contributed by atoms with van der Waals surface area (Å²) in [4.78, 5) is 11.5. The Kier molecular flexibility index (Phi) is 4.97. The van der Waals surface area contributed by atoms with E-state index in [2.05, 4.69) is 11.9 Å². The fraction of sp³-hybridized carbons (Fsp3) is 0.727. The predicted octanol–water partition coefficient (Wildman–Crippen LogP) is 1.05. The van der Waals surface area contributed by atoms with Gasteiger partial charge in [0.25, 0.3) is 5.66 Å². The third kappa shape index (κ3) is 3.04. The Labute approximate surface area is 92.2 Å². The monoisotopic (exact) mass is 215 g/mol. The second-order valence-corrected chi connectivity index (χ2v) is 4.60. The lowest BCUT2D eigenvalue weighted by atomic mass is 10.0. The van der Waals surface area contributed by atoms with Gasteiger partial charge in [-0.15, -0.1) is 6.58 Å². The summed E-state index contributed by atoms with van der Waals surface area (Å²) < 4.78 is 0.351. The lowest BCUT2D eigenvalue weighted by Gasteiger charge is -2.43. The molecule has 2 N–H and O–H groups in total. The van der Waals surface area contributed by atoms with E-state index >= 15 is 0 Å². The highest BCUT2D eigenvalue weighted by atomic mass is 16.4. The molecule has 15 heavy (non-hydrogen) atoms. The number of hydrogen-bond acceptors (Lipinski definition) is 2. The summed E-state index contributed by atoms with van der Waals surface area (Å²) in [6, 6.07) is 0. The Morgan fingerprint density at radius 2 is 2.07 bits per heavy atom. The number of nitrogens with one attached hydrogen (secondary N) is 1. The minimum atomic E-state index is -0.928. The van der Waals surface area contributed by atoms with Crippen LogP contribution in [0, 0.1) is 0 Å². The third-order valence-corrected chi connectivity index (χ3v) is 2.65. The predicted molar refractivity (Wildman–Crippen MR) is 61.5 cm³/mol. The van der Waals surface area contributed by atoms with Gasteiger partial charge in [-0.3, -0.25) is 5.32 Å². The molecule has 88 valence electrons. The topological polar surface area (TPSA) is 49.3 Å². The summed E-state index contributed by atoms with van der Waals surface area (Å²) in [6.45, 7) is 6.09. The molecule has 4 heteroatoms. The molecule has 0 saturated heterocycles. The van der Waals surface area contributed by atoms with Gasteiger partial charge in [-0.25, -0.2) is 4.79 Å². The van der Waals surface area contributed by atoms with E-state index in [0.717, 1.165) is 6.42 Å². The maximum Gasteiger partial charge on any atom is 0.382 e. The summed E-state index contributed by atoms with van der Waals surface area (Å²) in [6.07, 6.45) is 3.11. The lowest BCUT2D eigenvalue weighted by Crippen LogP contribution is -2.69. The quantitative estimate of drug-likeness (QED) is 0.379. The van der Waals surface area contributed by atoms with Crippen LogP contribution in [0.3, 0.4) is 0 Å². The van der Waals surface area contributed by atoms with E-state index < -0.39 is 11.6 Å². The van der Waals surface area contributed by atoms with E-state index in [1.807, 2.05) is 28.1 Å². The molecule has 0 spiro atoms. The van der Waals surface area contributed by atoms with Crippen LogP contribution < -0.4 is 5.32 Å². The maximum atomic E-state index is 11.5. The van der Waals surface area contributed by atoms with Crippen LogP contribution in [0.4, 0.5) is 0 Å². The second kappa shape index (κ2) is 5.28. The van der Waals surface area contributed by atoms with Crippen LogP contribution in [0.25, 0.3) is 0 Å². The molecule has 0 fully saturated rings. The molecule has 0 aliphatic rings. The number of carboxylic acid groups (broad SMARTS) is 1. The zero-order chi connectivity index (χ0) is 12.1. The van der Waals surface area contributed by atoms with Gasteiger partial charge in [-0.05, 0) is 6.42 Å². The van der Waals surface area contributed by atoms with Crippen molar-refractivity contribution in [3.8, 4) is 0 Å². The maximum absolute atomic E-state index is 11.5. The van der Waals surface area contributed by atoms with E-state index in [9.17, 15) is 9.90 Å². The highest BCUT2D eigenvalue weighted by Gasteiger charge is 2.49. The highest BCUT2D eigenvalue weighted by Crippen LogP contribution is 2.22. The van der Waals surface area contributed by atoms with Gasteiger partial charge in [0.1, 0.15) is 0 Å². The average Bonchev–Trinajstić information content (AvgIpc) is 2.09. The molecule has 0 aliphatic carbocycles. The molecule has 0 bridgehead atoms. The molecule has 0 saturated carbocycles. The van der Waals surface area contributed by atoms with Gasteiger partial charge in [-0.1, -0.05) is 13.0 Å². The number of nitrogens with zero attached hydrogens (tertiary/aromatic N) is 1. The van der Waals surface area contributed by atoms with Crippen molar-refractivity contribution in [2.75, 3.05) is 27.7 Å². The molecule has 1 atom stereocenters. The average molecular weight is 215 g/mol. The van der Waals surface area contributed by atoms with Gasteiger partial charge >= 0.3 is 5.97 Å². The first-order valence-electron chi connectivity index (χ1n) is 5.22. The molecule has 0 aromatic heterocycles. The fourth-order valence-corrected chi connectivity index (χ4v) is 1.73. The SMILES string of the molecule is C=CCNC(CCC)(C(=O)O)[N+](C)(C)C. The molecule has 0 aromatic rings. The Balaban J connectivity index is 5.07. The van der Waals surface area contributed by atoms with Crippen molar-refractivity contribution < 1.29 is 14.4 Å². The smallest absolute Gasteiger partial charge is 0.382 e. The standard InChI is InChI=1S/C11H22N2O2/c1-6-8-11(10(14)15,12-9-7-2)13(3,4)5/h7,12H,2,6,8-9H2,1,3-5H3/p+1. The van der Waals surface area contributed by atoms with Crippen molar-refractivity contribution in [2.24, 2.45) is 0 Å². The van der Waals surface area contributed by atoms with E-state index in [0.29, 0.717) is 17.4 Å². The minimum absolute atomic E-state index is 0.351. The molecule has 0 heterocycles. The van der Waals surface area contributed by atoms with Crippen molar-refractivity contribution in [2.45, 2.75) is 25.4 Å². The molecular weight excluding hydrogens is 192 g/mol. The Morgan fingerprint density at radius 1 is 1.53 bits per heavy atom. The van der Waals surface area contributed by atoms with Crippen LogP contribution in [0.15, 0.2) is 12.7 Å². The molecule has 1 unspecified atom stereocenters. The molecule has 0 aliphatic heterocycles. The van der Waals surface area contributed by atoms with Crippen molar-refractivity contribution in [1.82, 2.24) is 5.32 Å². The first-order chi connectivity index (χ1) is 6.81. The van der Waals surface area contributed by atoms with Crippen molar-refractivity contribution in [1.29, 1.82) is 0 Å². The van der Waals surface area contributed by atoms with E-state index in [-0.39, 0.29) is 0 Å². The molecule has 0 rings (SSSR count). The van der Waals surface area contributed by atoms with Crippen molar-refractivity contribution >= 4 is 5.97 Å². The molecular formula is C11H23N2O2+. The van der Waals surface area contributed by atoms with Crippen molar-refractivity contribution in [3.63, 3.8) is 0 Å². The summed E-state index contributed by atoms with van der Waals surface area (Å²) >= 11 is 0. The Morgan fingerprint density at radius 3 is 2.33 bits per heavy atom. The van der Waals surface area contributed by atoms with Gasteiger partial charge in [0.2, 0.25) is 0 Å². The molecule has 0 amide bonds. The highest BCUT2D eigenvalue weighted by molar-refractivity contribution is 5.76. The van der Waals surface area contributed by atoms with Crippen molar-refractivity contribution in [3.05, 3.63) is 12.7 Å². The van der Waals surface area contributed by atoms with Crippen LogP contribution in [0.1, 0.15) is 19.8 Å². The number of hydrogen-bond donors (Lipinski definition) is 2. The van der Waals surface area contributed by atoms with Crippen LogP contribution in [-0.2, 0) is 4.79 Å². The number of rotatable bonds is 7. The van der Waals surface area contributed by atoms with E-state index in [1.54, 1.807) is 6.08 Å². The Bertz CT molecular complexity index is 233. The third-order valence-electron chi connectivity index (χ3n) is 2.65.